The van der Waals surface area contributed by atoms with Crippen LogP contribution in [0.25, 0.3) is 0 Å². The minimum absolute atomic E-state index is 0.0456. The monoisotopic (exact) mass is 343 g/mol. The highest BCUT2D eigenvalue weighted by Gasteiger charge is 2.13. The lowest BCUT2D eigenvalue weighted by Crippen LogP contribution is -2.39. The molecule has 7 nitrogen and oxygen atoms in total. The number of carbonyl (C=O) groups is 1. The molecule has 0 heterocycles. The average molecular weight is 343 g/mol. The number of hydrazone groups is 1. The van der Waals surface area contributed by atoms with E-state index >= 15 is 0 Å². The van der Waals surface area contributed by atoms with E-state index in [1.54, 1.807) is 30.3 Å². The third-order valence-electron chi connectivity index (χ3n) is 3.44. The molecule has 0 aliphatic carbocycles. The SMILES string of the molecule is CCOc1cccc(/C=N/NC(=O)[C@@H](N)Cc2ccc(O)cc2)c1O. The maximum absolute atomic E-state index is 12.0. The topological polar surface area (TPSA) is 117 Å². The van der Waals surface area contributed by atoms with Gasteiger partial charge in [-0.15, -0.1) is 0 Å². The molecule has 2 rings (SSSR count). The molecule has 5 N–H and O–H groups in total. The van der Waals surface area contributed by atoms with Crippen LogP contribution in [0, 0.1) is 0 Å². The number of phenolic OH excluding ortho intramolecular Hbond substituents is 2. The van der Waals surface area contributed by atoms with Crippen LogP contribution >= 0.6 is 0 Å². The van der Waals surface area contributed by atoms with Gasteiger partial charge in [-0.05, 0) is 43.2 Å². The summed E-state index contributed by atoms with van der Waals surface area (Å²) in [5.74, 6) is 0.00258. The van der Waals surface area contributed by atoms with Crippen molar-refractivity contribution in [3.63, 3.8) is 0 Å². The lowest BCUT2D eigenvalue weighted by atomic mass is 10.1. The first-order chi connectivity index (χ1) is 12.0. The van der Waals surface area contributed by atoms with Crippen LogP contribution in [0.15, 0.2) is 47.6 Å². The van der Waals surface area contributed by atoms with Crippen LogP contribution in [-0.4, -0.2) is 35.0 Å². The van der Waals surface area contributed by atoms with Gasteiger partial charge in [-0.2, -0.15) is 5.10 Å². The molecule has 2 aromatic carbocycles. The average Bonchev–Trinajstić information content (AvgIpc) is 2.60. The van der Waals surface area contributed by atoms with Crippen LogP contribution < -0.4 is 15.9 Å². The van der Waals surface area contributed by atoms with Gasteiger partial charge in [0.25, 0.3) is 5.91 Å². The number of nitrogens with zero attached hydrogens (tertiary/aromatic N) is 1. The van der Waals surface area contributed by atoms with E-state index in [1.807, 2.05) is 6.92 Å². The second-order valence-corrected chi connectivity index (χ2v) is 5.34. The van der Waals surface area contributed by atoms with E-state index < -0.39 is 11.9 Å². The zero-order valence-electron chi connectivity index (χ0n) is 13.8. The number of hydrogen-bond donors (Lipinski definition) is 4. The Balaban J connectivity index is 1.93. The molecule has 0 saturated carbocycles. The molecule has 132 valence electrons. The number of hydrogen-bond acceptors (Lipinski definition) is 6. The lowest BCUT2D eigenvalue weighted by Gasteiger charge is -2.10. The molecule has 0 saturated heterocycles. The highest BCUT2D eigenvalue weighted by atomic mass is 16.5. The highest BCUT2D eigenvalue weighted by Crippen LogP contribution is 2.28. The molecular weight excluding hydrogens is 322 g/mol. The van der Waals surface area contributed by atoms with Crippen molar-refractivity contribution < 1.29 is 19.7 Å². The van der Waals surface area contributed by atoms with Gasteiger partial charge < -0.3 is 20.7 Å². The number of para-hydroxylation sites is 1. The van der Waals surface area contributed by atoms with Crippen molar-refractivity contribution in [1.29, 1.82) is 0 Å². The molecule has 0 spiro atoms. The summed E-state index contributed by atoms with van der Waals surface area (Å²) in [6.07, 6.45) is 1.63. The van der Waals surface area contributed by atoms with Gasteiger partial charge in [-0.1, -0.05) is 18.2 Å². The standard InChI is InChI=1S/C18H21N3O4/c1-2-25-16-5-3-4-13(17(16)23)11-20-21-18(24)15(19)10-12-6-8-14(22)9-7-12/h3-9,11,15,22-23H,2,10,19H2,1H3,(H,21,24)/b20-11+/t15-/m0/s1. The van der Waals surface area contributed by atoms with Crippen LogP contribution in [0.1, 0.15) is 18.1 Å². The van der Waals surface area contributed by atoms with Crippen LogP contribution in [0.4, 0.5) is 0 Å². The quantitative estimate of drug-likeness (QED) is 0.449. The van der Waals surface area contributed by atoms with Crippen molar-refractivity contribution >= 4 is 12.1 Å². The Morgan fingerprint density at radius 2 is 2.00 bits per heavy atom. The number of amides is 1. The molecule has 0 aliphatic rings. The van der Waals surface area contributed by atoms with Crippen LogP contribution in [0.2, 0.25) is 0 Å². The highest BCUT2D eigenvalue weighted by molar-refractivity contribution is 5.87. The third kappa shape index (κ3) is 5.22. The smallest absolute Gasteiger partial charge is 0.257 e. The molecule has 0 unspecified atom stereocenters. The van der Waals surface area contributed by atoms with Gasteiger partial charge in [0.1, 0.15) is 5.75 Å². The van der Waals surface area contributed by atoms with Gasteiger partial charge in [0.15, 0.2) is 11.5 Å². The van der Waals surface area contributed by atoms with Crippen molar-refractivity contribution in [2.24, 2.45) is 10.8 Å². The van der Waals surface area contributed by atoms with Crippen LogP contribution in [0.5, 0.6) is 17.2 Å². The second kappa shape index (κ2) is 8.70. The molecule has 1 amide bonds. The Kier molecular flexibility index (Phi) is 6.36. The van der Waals surface area contributed by atoms with Crippen molar-refractivity contribution in [3.05, 3.63) is 53.6 Å². The summed E-state index contributed by atoms with van der Waals surface area (Å²) in [5, 5.41) is 23.1. The first-order valence-corrected chi connectivity index (χ1v) is 7.82. The summed E-state index contributed by atoms with van der Waals surface area (Å²) in [7, 11) is 0. The Hall–Kier alpha value is -3.06. The van der Waals surface area contributed by atoms with Gasteiger partial charge in [0.05, 0.1) is 18.9 Å². The Morgan fingerprint density at radius 3 is 2.68 bits per heavy atom. The third-order valence-corrected chi connectivity index (χ3v) is 3.44. The predicted molar refractivity (Wildman–Crippen MR) is 94.8 cm³/mol. The molecule has 0 fully saturated rings. The maximum atomic E-state index is 12.0. The molecule has 0 aromatic heterocycles. The lowest BCUT2D eigenvalue weighted by molar-refractivity contribution is -0.122. The van der Waals surface area contributed by atoms with Crippen molar-refractivity contribution in [3.8, 4) is 17.2 Å². The Bertz CT molecular complexity index is 744. The summed E-state index contributed by atoms with van der Waals surface area (Å²) in [4.78, 5) is 12.0. The van der Waals surface area contributed by atoms with Gasteiger partial charge in [-0.25, -0.2) is 5.43 Å². The fourth-order valence-electron chi connectivity index (χ4n) is 2.14. The molecule has 0 radical (unpaired) electrons. The number of carbonyl (C=O) groups excluding carboxylic acids is 1. The number of nitrogens with two attached hydrogens (primary N) is 1. The van der Waals surface area contributed by atoms with E-state index in [0.717, 1.165) is 5.56 Å². The minimum Gasteiger partial charge on any atom is -0.508 e. The molecule has 7 heteroatoms. The number of nitrogens with one attached hydrogen (secondary N) is 1. The zero-order valence-corrected chi connectivity index (χ0v) is 13.8. The van der Waals surface area contributed by atoms with Gasteiger partial charge in [-0.3, -0.25) is 4.79 Å². The molecule has 25 heavy (non-hydrogen) atoms. The first-order valence-electron chi connectivity index (χ1n) is 7.82. The van der Waals surface area contributed by atoms with Gasteiger partial charge in [0.2, 0.25) is 0 Å². The Morgan fingerprint density at radius 1 is 1.28 bits per heavy atom. The Labute approximate surface area is 145 Å². The van der Waals surface area contributed by atoms with E-state index in [1.165, 1.54) is 18.3 Å². The number of rotatable bonds is 7. The van der Waals surface area contributed by atoms with E-state index in [2.05, 4.69) is 10.5 Å². The predicted octanol–water partition coefficient (Wildman–Crippen LogP) is 1.52. The largest absolute Gasteiger partial charge is 0.508 e. The summed E-state index contributed by atoms with van der Waals surface area (Å²) in [6, 6.07) is 10.7. The number of aromatic hydroxyl groups is 2. The van der Waals surface area contributed by atoms with E-state index in [9.17, 15) is 15.0 Å². The summed E-state index contributed by atoms with van der Waals surface area (Å²) < 4.78 is 5.28. The summed E-state index contributed by atoms with van der Waals surface area (Å²) >= 11 is 0. The van der Waals surface area contributed by atoms with Gasteiger partial charge >= 0.3 is 0 Å². The number of ether oxygens (including phenoxy) is 1. The van der Waals surface area contributed by atoms with Crippen molar-refractivity contribution in [1.82, 2.24) is 5.43 Å². The fourth-order valence-corrected chi connectivity index (χ4v) is 2.14. The second-order valence-electron chi connectivity index (χ2n) is 5.34. The minimum atomic E-state index is -0.787. The van der Waals surface area contributed by atoms with Gasteiger partial charge in [0, 0.05) is 5.56 Å². The zero-order chi connectivity index (χ0) is 18.2. The first kappa shape index (κ1) is 18.3. The van der Waals surface area contributed by atoms with Crippen LogP contribution in [-0.2, 0) is 11.2 Å². The summed E-state index contributed by atoms with van der Waals surface area (Å²) in [5.41, 5.74) is 9.43. The molecular formula is C18H21N3O4. The fraction of sp³-hybridized carbons (Fsp3) is 0.222. The normalized spacial score (nSPS) is 12.1. The number of phenols is 2. The van der Waals surface area contributed by atoms with Crippen molar-refractivity contribution in [2.75, 3.05) is 6.61 Å². The molecule has 2 aromatic rings. The van der Waals surface area contributed by atoms with Crippen molar-refractivity contribution in [2.45, 2.75) is 19.4 Å². The van der Waals surface area contributed by atoms with E-state index in [-0.39, 0.29) is 11.5 Å². The molecule has 0 bridgehead atoms. The summed E-state index contributed by atoms with van der Waals surface area (Å²) in [6.45, 7) is 2.24. The molecule has 1 atom stereocenters. The maximum Gasteiger partial charge on any atom is 0.257 e. The molecule has 0 aliphatic heterocycles. The van der Waals surface area contributed by atoms with Crippen LogP contribution in [0.3, 0.4) is 0 Å². The van der Waals surface area contributed by atoms with E-state index in [0.29, 0.717) is 24.3 Å². The number of benzene rings is 2. The van der Waals surface area contributed by atoms with E-state index in [4.69, 9.17) is 10.5 Å².